The van der Waals surface area contributed by atoms with Gasteiger partial charge < -0.3 is 4.90 Å². The molecule has 0 radical (unpaired) electrons. The van der Waals surface area contributed by atoms with E-state index in [2.05, 4.69) is 34.5 Å². The minimum Gasteiger partial charge on any atom is -0.306 e. The van der Waals surface area contributed by atoms with Crippen molar-refractivity contribution in [2.75, 3.05) is 11.4 Å². The number of hydrogen-bond donors (Lipinski definition) is 0. The van der Waals surface area contributed by atoms with Gasteiger partial charge in [0, 0.05) is 15.7 Å². The number of aliphatic imine (C=N–C) groups is 1. The molecule has 3 nitrogen and oxygen atoms in total. The molecule has 0 atom stereocenters. The van der Waals surface area contributed by atoms with Crippen molar-refractivity contribution in [1.82, 2.24) is 0 Å². The summed E-state index contributed by atoms with van der Waals surface area (Å²) in [7, 11) is 0. The van der Waals surface area contributed by atoms with Gasteiger partial charge in [-0.15, -0.1) is 0 Å². The van der Waals surface area contributed by atoms with Crippen LogP contribution in [0.3, 0.4) is 0 Å². The molecule has 0 aliphatic carbocycles. The normalized spacial score (nSPS) is 15.5. The molecule has 1 heterocycles. The molecule has 112 valence electrons. The molecule has 0 bridgehead atoms. The lowest BCUT2D eigenvalue weighted by Gasteiger charge is -2.15. The van der Waals surface area contributed by atoms with Crippen LogP contribution in [0.5, 0.6) is 0 Å². The van der Waals surface area contributed by atoms with Gasteiger partial charge in [-0.1, -0.05) is 37.6 Å². The topological polar surface area (TPSA) is 32.7 Å². The smallest absolute Gasteiger partial charge is 0.277 e. The number of carbonyl (C=O) groups excluding carboxylic acids is 1. The van der Waals surface area contributed by atoms with Crippen LogP contribution in [0.15, 0.2) is 53.5 Å². The van der Waals surface area contributed by atoms with Crippen LogP contribution in [0.4, 0.5) is 11.4 Å². The SMILES string of the molecule is CCCCN1C(=O)C(=Nc2cccc(I)c2)c2ccccc21. The van der Waals surface area contributed by atoms with Crippen molar-refractivity contribution in [2.45, 2.75) is 19.8 Å². The second kappa shape index (κ2) is 6.60. The molecule has 1 aliphatic rings. The van der Waals surface area contributed by atoms with Gasteiger partial charge in [-0.25, -0.2) is 4.99 Å². The summed E-state index contributed by atoms with van der Waals surface area (Å²) >= 11 is 2.26. The Kier molecular flexibility index (Phi) is 4.57. The van der Waals surface area contributed by atoms with Crippen LogP contribution in [0.2, 0.25) is 0 Å². The van der Waals surface area contributed by atoms with Crippen molar-refractivity contribution < 1.29 is 4.79 Å². The standard InChI is InChI=1S/C18H17IN2O/c1-2-3-11-21-16-10-5-4-9-15(16)17(18(21)22)20-14-8-6-7-13(19)12-14/h4-10,12H,2-3,11H2,1H3. The average molecular weight is 404 g/mol. The molecule has 3 rings (SSSR count). The number of nitrogens with zero attached hydrogens (tertiary/aromatic N) is 2. The Morgan fingerprint density at radius 3 is 2.73 bits per heavy atom. The summed E-state index contributed by atoms with van der Waals surface area (Å²) in [6.45, 7) is 2.88. The van der Waals surface area contributed by atoms with E-state index in [9.17, 15) is 4.79 Å². The van der Waals surface area contributed by atoms with E-state index >= 15 is 0 Å². The lowest BCUT2D eigenvalue weighted by Crippen LogP contribution is -2.30. The Labute approximate surface area is 144 Å². The van der Waals surface area contributed by atoms with Crippen molar-refractivity contribution in [1.29, 1.82) is 0 Å². The predicted octanol–water partition coefficient (Wildman–Crippen LogP) is 4.56. The van der Waals surface area contributed by atoms with E-state index in [0.29, 0.717) is 5.71 Å². The van der Waals surface area contributed by atoms with Gasteiger partial charge in [-0.3, -0.25) is 4.79 Å². The third-order valence-electron chi connectivity index (χ3n) is 3.68. The van der Waals surface area contributed by atoms with Crippen molar-refractivity contribution in [3.8, 4) is 0 Å². The van der Waals surface area contributed by atoms with Gasteiger partial charge in [0.15, 0.2) is 0 Å². The van der Waals surface area contributed by atoms with Crippen LogP contribution < -0.4 is 4.90 Å². The molecular weight excluding hydrogens is 387 g/mol. The maximum atomic E-state index is 12.8. The summed E-state index contributed by atoms with van der Waals surface area (Å²) in [5.74, 6) is 0.00788. The van der Waals surface area contributed by atoms with Crippen molar-refractivity contribution in [3.05, 3.63) is 57.7 Å². The first-order chi connectivity index (χ1) is 10.7. The number of fused-ring (bicyclic) bond motifs is 1. The first-order valence-electron chi connectivity index (χ1n) is 7.46. The molecule has 0 fully saturated rings. The maximum absolute atomic E-state index is 12.8. The number of benzene rings is 2. The maximum Gasteiger partial charge on any atom is 0.277 e. The average Bonchev–Trinajstić information content (AvgIpc) is 2.78. The fraction of sp³-hybridized carbons (Fsp3) is 0.222. The first kappa shape index (κ1) is 15.2. The third-order valence-corrected chi connectivity index (χ3v) is 4.35. The Balaban J connectivity index is 2.03. The summed E-state index contributed by atoms with van der Waals surface area (Å²) in [6.07, 6.45) is 2.06. The number of hydrogen-bond acceptors (Lipinski definition) is 2. The van der Waals surface area contributed by atoms with Gasteiger partial charge in [0.25, 0.3) is 5.91 Å². The van der Waals surface area contributed by atoms with Crippen molar-refractivity contribution >= 4 is 45.6 Å². The predicted molar refractivity (Wildman–Crippen MR) is 99.1 cm³/mol. The van der Waals surface area contributed by atoms with Crippen molar-refractivity contribution in [3.63, 3.8) is 0 Å². The number of amides is 1. The van der Waals surface area contributed by atoms with Crippen LogP contribution in [0.1, 0.15) is 25.3 Å². The number of carbonyl (C=O) groups is 1. The summed E-state index contributed by atoms with van der Waals surface area (Å²) in [4.78, 5) is 19.2. The summed E-state index contributed by atoms with van der Waals surface area (Å²) in [5, 5.41) is 0. The zero-order valence-electron chi connectivity index (χ0n) is 12.4. The number of para-hydroxylation sites is 1. The number of anilines is 1. The van der Waals surface area contributed by atoms with Crippen LogP contribution in [0, 0.1) is 3.57 Å². The number of halogens is 1. The van der Waals surface area contributed by atoms with Gasteiger partial charge in [-0.05, 0) is 53.3 Å². The van der Waals surface area contributed by atoms with E-state index in [0.717, 1.165) is 39.9 Å². The first-order valence-corrected chi connectivity index (χ1v) is 8.54. The molecule has 0 N–H and O–H groups in total. The third kappa shape index (κ3) is 2.92. The van der Waals surface area contributed by atoms with E-state index in [1.54, 1.807) is 0 Å². The Hall–Kier alpha value is -1.69. The van der Waals surface area contributed by atoms with Gasteiger partial charge in [0.2, 0.25) is 0 Å². The molecule has 0 saturated heterocycles. The van der Waals surface area contributed by atoms with E-state index in [4.69, 9.17) is 0 Å². The lowest BCUT2D eigenvalue weighted by molar-refractivity contribution is -0.112. The molecule has 0 spiro atoms. The van der Waals surface area contributed by atoms with E-state index < -0.39 is 0 Å². The monoisotopic (exact) mass is 404 g/mol. The molecule has 2 aromatic carbocycles. The zero-order valence-corrected chi connectivity index (χ0v) is 14.6. The highest BCUT2D eigenvalue weighted by atomic mass is 127. The number of unbranched alkanes of at least 4 members (excludes halogenated alkanes) is 1. The van der Waals surface area contributed by atoms with E-state index in [1.165, 1.54) is 0 Å². The summed E-state index contributed by atoms with van der Waals surface area (Å²) in [5.41, 5.74) is 3.28. The van der Waals surface area contributed by atoms with E-state index in [-0.39, 0.29) is 5.91 Å². The van der Waals surface area contributed by atoms with Crippen LogP contribution in [0.25, 0.3) is 0 Å². The zero-order chi connectivity index (χ0) is 15.5. The Morgan fingerprint density at radius 1 is 1.14 bits per heavy atom. The highest BCUT2D eigenvalue weighted by molar-refractivity contribution is 14.1. The summed E-state index contributed by atoms with van der Waals surface area (Å²) in [6, 6.07) is 15.8. The van der Waals surface area contributed by atoms with Gasteiger partial charge in [0.05, 0.1) is 11.4 Å². The molecule has 0 unspecified atom stereocenters. The second-order valence-corrected chi connectivity index (χ2v) is 6.51. The fourth-order valence-electron chi connectivity index (χ4n) is 2.58. The fourth-order valence-corrected chi connectivity index (χ4v) is 3.11. The van der Waals surface area contributed by atoms with Gasteiger partial charge in [-0.2, -0.15) is 0 Å². The molecule has 0 saturated carbocycles. The molecule has 22 heavy (non-hydrogen) atoms. The summed E-state index contributed by atoms with van der Waals surface area (Å²) < 4.78 is 1.11. The van der Waals surface area contributed by atoms with Crippen LogP contribution >= 0.6 is 22.6 Å². The molecular formula is C18H17IN2O. The molecule has 0 aromatic heterocycles. The van der Waals surface area contributed by atoms with Crippen LogP contribution in [-0.4, -0.2) is 18.2 Å². The highest BCUT2D eigenvalue weighted by Crippen LogP contribution is 2.31. The quantitative estimate of drug-likeness (QED) is 0.688. The Morgan fingerprint density at radius 2 is 1.95 bits per heavy atom. The molecule has 1 aliphatic heterocycles. The molecule has 2 aromatic rings. The largest absolute Gasteiger partial charge is 0.306 e. The van der Waals surface area contributed by atoms with E-state index in [1.807, 2.05) is 53.4 Å². The molecule has 4 heteroatoms. The minimum atomic E-state index is 0.00788. The Bertz CT molecular complexity index is 739. The highest BCUT2D eigenvalue weighted by Gasteiger charge is 2.33. The lowest BCUT2D eigenvalue weighted by atomic mass is 10.1. The molecule has 1 amide bonds. The van der Waals surface area contributed by atoms with Crippen molar-refractivity contribution in [2.24, 2.45) is 4.99 Å². The second-order valence-electron chi connectivity index (χ2n) is 5.27. The van der Waals surface area contributed by atoms with Gasteiger partial charge >= 0.3 is 0 Å². The minimum absolute atomic E-state index is 0.00788. The van der Waals surface area contributed by atoms with Gasteiger partial charge in [0.1, 0.15) is 5.71 Å². The number of rotatable bonds is 4. The van der Waals surface area contributed by atoms with Crippen LogP contribution in [-0.2, 0) is 4.79 Å².